The largest absolute Gasteiger partial charge is 0.493 e. The van der Waals surface area contributed by atoms with Crippen LogP contribution in [-0.2, 0) is 24.4 Å². The van der Waals surface area contributed by atoms with Crippen molar-refractivity contribution < 1.29 is 14.3 Å². The molecule has 0 unspecified atom stereocenters. The van der Waals surface area contributed by atoms with Crippen LogP contribution in [0.3, 0.4) is 0 Å². The quantitative estimate of drug-likeness (QED) is 0.834. The van der Waals surface area contributed by atoms with Crippen LogP contribution >= 0.6 is 0 Å². The fraction of sp³-hybridized carbons (Fsp3) is 0.318. The van der Waals surface area contributed by atoms with Gasteiger partial charge in [-0.15, -0.1) is 0 Å². The summed E-state index contributed by atoms with van der Waals surface area (Å²) in [5.74, 6) is 1.39. The summed E-state index contributed by atoms with van der Waals surface area (Å²) in [7, 11) is 3.25. The first-order chi connectivity index (χ1) is 13.1. The Morgan fingerprint density at radius 2 is 1.59 bits per heavy atom. The number of hydrogen-bond donors (Lipinski definition) is 0. The molecule has 2 heterocycles. The molecule has 4 rings (SSSR count). The van der Waals surface area contributed by atoms with Gasteiger partial charge in [-0.05, 0) is 41.3 Å². The van der Waals surface area contributed by atoms with Crippen LogP contribution in [0.4, 0.5) is 0 Å². The molecular weight excluding hydrogens is 340 g/mol. The smallest absolute Gasteiger partial charge is 0.256 e. The van der Waals surface area contributed by atoms with Crippen molar-refractivity contribution in [2.75, 3.05) is 20.8 Å². The maximum Gasteiger partial charge on any atom is 0.256 e. The highest BCUT2D eigenvalue weighted by Crippen LogP contribution is 2.38. The third-order valence-corrected chi connectivity index (χ3v) is 5.35. The fourth-order valence-corrected chi connectivity index (χ4v) is 3.84. The zero-order valence-electron chi connectivity index (χ0n) is 16.0. The second-order valence-corrected chi connectivity index (χ2v) is 6.90. The minimum Gasteiger partial charge on any atom is -0.493 e. The van der Waals surface area contributed by atoms with Crippen LogP contribution in [0.5, 0.6) is 11.5 Å². The van der Waals surface area contributed by atoms with Crippen LogP contribution in [0.2, 0.25) is 0 Å². The average molecular weight is 364 g/mol. The summed E-state index contributed by atoms with van der Waals surface area (Å²) in [5, 5.41) is 0. The minimum absolute atomic E-state index is 0.0535. The monoisotopic (exact) mass is 364 g/mol. The first-order valence-corrected chi connectivity index (χ1v) is 9.21. The Balaban J connectivity index is 1.72. The lowest BCUT2D eigenvalue weighted by atomic mass is 9.95. The van der Waals surface area contributed by atoms with Crippen LogP contribution in [0.25, 0.3) is 5.57 Å². The standard InChI is InChI=1S/C22H24N2O3/c1-4-23-11-17-9-20(26-2)21(27-3)10-18(17)19(14-23)22(25)24-12-15-7-5-6-8-16(15)13-24/h5-10,14H,4,11-13H2,1-3H3. The molecule has 1 amide bonds. The van der Waals surface area contributed by atoms with Crippen molar-refractivity contribution in [3.8, 4) is 11.5 Å². The van der Waals surface area contributed by atoms with Crippen molar-refractivity contribution in [1.82, 2.24) is 9.80 Å². The van der Waals surface area contributed by atoms with Gasteiger partial charge >= 0.3 is 0 Å². The minimum atomic E-state index is 0.0535. The molecule has 0 aromatic heterocycles. The van der Waals surface area contributed by atoms with E-state index >= 15 is 0 Å². The Morgan fingerprint density at radius 1 is 0.963 bits per heavy atom. The Labute approximate surface area is 159 Å². The van der Waals surface area contributed by atoms with E-state index in [4.69, 9.17) is 9.47 Å². The number of carbonyl (C=O) groups excluding carboxylic acids is 1. The molecule has 27 heavy (non-hydrogen) atoms. The number of amides is 1. The molecule has 2 aromatic rings. The number of benzene rings is 2. The highest BCUT2D eigenvalue weighted by Gasteiger charge is 2.30. The van der Waals surface area contributed by atoms with Crippen LogP contribution in [0.15, 0.2) is 42.6 Å². The molecule has 0 aliphatic carbocycles. The molecule has 0 bridgehead atoms. The van der Waals surface area contributed by atoms with Crippen LogP contribution in [-0.4, -0.2) is 36.5 Å². The zero-order chi connectivity index (χ0) is 19.0. The molecule has 0 N–H and O–H groups in total. The van der Waals surface area contributed by atoms with Gasteiger partial charge in [-0.3, -0.25) is 4.79 Å². The predicted octanol–water partition coefficient (Wildman–Crippen LogP) is 3.42. The molecule has 0 radical (unpaired) electrons. The Hall–Kier alpha value is -2.95. The third kappa shape index (κ3) is 3.03. The predicted molar refractivity (Wildman–Crippen MR) is 104 cm³/mol. The zero-order valence-corrected chi connectivity index (χ0v) is 16.0. The van der Waals surface area contributed by atoms with Gasteiger partial charge in [0, 0.05) is 32.4 Å². The van der Waals surface area contributed by atoms with Gasteiger partial charge in [-0.25, -0.2) is 0 Å². The molecule has 5 heteroatoms. The van der Waals surface area contributed by atoms with Gasteiger partial charge in [0.2, 0.25) is 0 Å². The second-order valence-electron chi connectivity index (χ2n) is 6.90. The molecule has 0 atom stereocenters. The maximum atomic E-state index is 13.4. The summed E-state index contributed by atoms with van der Waals surface area (Å²) < 4.78 is 10.9. The fourth-order valence-electron chi connectivity index (χ4n) is 3.84. The van der Waals surface area contributed by atoms with Crippen LogP contribution in [0, 0.1) is 0 Å². The maximum absolute atomic E-state index is 13.4. The Bertz CT molecular complexity index is 895. The van der Waals surface area contributed by atoms with E-state index in [0.29, 0.717) is 30.2 Å². The lowest BCUT2D eigenvalue weighted by Gasteiger charge is -2.30. The summed E-state index contributed by atoms with van der Waals surface area (Å²) >= 11 is 0. The van der Waals surface area contributed by atoms with Gasteiger partial charge in [-0.2, -0.15) is 0 Å². The van der Waals surface area contributed by atoms with E-state index in [1.54, 1.807) is 14.2 Å². The molecule has 0 spiro atoms. The number of hydrogen-bond acceptors (Lipinski definition) is 4. The van der Waals surface area contributed by atoms with Gasteiger partial charge in [-0.1, -0.05) is 24.3 Å². The molecule has 0 fully saturated rings. The SMILES string of the molecule is CCN1C=C(C(=O)N2Cc3ccccc3C2)c2cc(OC)c(OC)cc2C1. The molecule has 0 saturated carbocycles. The van der Waals surface area contributed by atoms with E-state index in [2.05, 4.69) is 24.0 Å². The van der Waals surface area contributed by atoms with Crippen LogP contribution < -0.4 is 9.47 Å². The summed E-state index contributed by atoms with van der Waals surface area (Å²) in [5.41, 5.74) is 5.17. The number of carbonyl (C=O) groups is 1. The van der Waals surface area contributed by atoms with Crippen LogP contribution in [0.1, 0.15) is 29.2 Å². The summed E-state index contributed by atoms with van der Waals surface area (Å²) in [6.07, 6.45) is 1.99. The van der Waals surface area contributed by atoms with Crippen molar-refractivity contribution >= 4 is 11.5 Å². The number of ether oxygens (including phenoxy) is 2. The van der Waals surface area contributed by atoms with Gasteiger partial charge in [0.1, 0.15) is 0 Å². The van der Waals surface area contributed by atoms with E-state index in [9.17, 15) is 4.79 Å². The summed E-state index contributed by atoms with van der Waals surface area (Å²) in [6.45, 7) is 4.99. The second kappa shape index (κ2) is 6.99. The van der Waals surface area contributed by atoms with Gasteiger partial charge in [0.25, 0.3) is 5.91 Å². The van der Waals surface area contributed by atoms with Gasteiger partial charge in [0.15, 0.2) is 11.5 Å². The Morgan fingerprint density at radius 3 is 2.19 bits per heavy atom. The normalized spacial score (nSPS) is 15.1. The van der Waals surface area contributed by atoms with E-state index in [-0.39, 0.29) is 5.91 Å². The van der Waals surface area contributed by atoms with E-state index in [0.717, 1.165) is 24.2 Å². The third-order valence-electron chi connectivity index (χ3n) is 5.35. The lowest BCUT2D eigenvalue weighted by Crippen LogP contribution is -2.31. The van der Waals surface area contributed by atoms with Crippen molar-refractivity contribution in [3.05, 3.63) is 64.9 Å². The lowest BCUT2D eigenvalue weighted by molar-refractivity contribution is -0.125. The number of nitrogens with zero attached hydrogens (tertiary/aromatic N) is 2. The molecular formula is C22H24N2O3. The number of methoxy groups -OCH3 is 2. The summed E-state index contributed by atoms with van der Waals surface area (Å²) in [4.78, 5) is 17.5. The highest BCUT2D eigenvalue weighted by molar-refractivity contribution is 6.20. The number of fused-ring (bicyclic) bond motifs is 2. The van der Waals surface area contributed by atoms with Gasteiger partial charge in [0.05, 0.1) is 19.8 Å². The van der Waals surface area contributed by atoms with Crippen molar-refractivity contribution in [1.29, 1.82) is 0 Å². The first kappa shape index (κ1) is 17.5. The van der Waals surface area contributed by atoms with E-state index < -0.39 is 0 Å². The topological polar surface area (TPSA) is 42.0 Å². The summed E-state index contributed by atoms with van der Waals surface area (Å²) in [6, 6.07) is 12.1. The van der Waals surface area contributed by atoms with Crippen molar-refractivity contribution in [2.45, 2.75) is 26.6 Å². The highest BCUT2D eigenvalue weighted by atomic mass is 16.5. The van der Waals surface area contributed by atoms with Crippen molar-refractivity contribution in [2.24, 2.45) is 0 Å². The van der Waals surface area contributed by atoms with Crippen molar-refractivity contribution in [3.63, 3.8) is 0 Å². The molecule has 0 saturated heterocycles. The van der Waals surface area contributed by atoms with E-state index in [1.165, 1.54) is 11.1 Å². The average Bonchev–Trinajstić information content (AvgIpc) is 3.15. The first-order valence-electron chi connectivity index (χ1n) is 9.21. The number of rotatable bonds is 4. The molecule has 2 aliphatic rings. The molecule has 2 aromatic carbocycles. The molecule has 140 valence electrons. The van der Waals surface area contributed by atoms with E-state index in [1.807, 2.05) is 35.4 Å². The Kier molecular flexibility index (Phi) is 4.52. The molecule has 5 nitrogen and oxygen atoms in total. The molecule has 2 aliphatic heterocycles. The van der Waals surface area contributed by atoms with Gasteiger partial charge < -0.3 is 19.3 Å².